The van der Waals surface area contributed by atoms with E-state index in [-0.39, 0.29) is 36.3 Å². The third kappa shape index (κ3) is 3.24. The van der Waals surface area contributed by atoms with Gasteiger partial charge in [0.05, 0.1) is 10.7 Å². The fourth-order valence-electron chi connectivity index (χ4n) is 1.96. The third-order valence-electron chi connectivity index (χ3n) is 2.75. The molecule has 0 radical (unpaired) electrons. The van der Waals surface area contributed by atoms with E-state index in [0.29, 0.717) is 0 Å². The van der Waals surface area contributed by atoms with Crippen LogP contribution in [0.4, 0.5) is 11.6 Å². The summed E-state index contributed by atoms with van der Waals surface area (Å²) in [6.45, 7) is 0.118. The monoisotopic (exact) mass is 301 g/mol. The normalized spacial score (nSPS) is 19.4. The fourth-order valence-corrected chi connectivity index (χ4v) is 2.84. The van der Waals surface area contributed by atoms with Gasteiger partial charge in [-0.05, 0) is 0 Å². The number of primary sulfonamides is 1. The molecule has 1 fully saturated rings. The number of nitrogens with zero attached hydrogens (tertiary/aromatic N) is 4. The Morgan fingerprint density at radius 1 is 1.45 bits per heavy atom. The zero-order valence-corrected chi connectivity index (χ0v) is 11.0. The number of nitrogens with two attached hydrogens (primary N) is 1. The number of aromatic nitrogens is 2. The van der Waals surface area contributed by atoms with Crippen LogP contribution in [0.5, 0.6) is 0 Å². The van der Waals surface area contributed by atoms with Gasteiger partial charge in [-0.3, -0.25) is 19.8 Å². The van der Waals surface area contributed by atoms with E-state index < -0.39 is 20.9 Å². The van der Waals surface area contributed by atoms with Crippen LogP contribution in [0, 0.1) is 16.0 Å². The van der Waals surface area contributed by atoms with E-state index >= 15 is 0 Å². The van der Waals surface area contributed by atoms with Crippen LogP contribution < -0.4 is 10.0 Å². The Kier molecular flexibility index (Phi) is 3.63. The predicted molar refractivity (Wildman–Crippen MR) is 67.1 cm³/mol. The van der Waals surface area contributed by atoms with E-state index in [1.165, 1.54) is 4.90 Å². The summed E-state index contributed by atoms with van der Waals surface area (Å²) in [5, 5.41) is 15.4. The van der Waals surface area contributed by atoms with Crippen molar-refractivity contribution in [3.63, 3.8) is 0 Å². The second kappa shape index (κ2) is 5.09. The highest BCUT2D eigenvalue weighted by Gasteiger charge is 2.34. The lowest BCUT2D eigenvalue weighted by molar-refractivity contribution is -0.385. The summed E-state index contributed by atoms with van der Waals surface area (Å²) in [5.41, 5.74) is -0.290. The first kappa shape index (κ1) is 14.3. The number of carbonyl (C=O) groups excluding carboxylic acids is 1. The summed E-state index contributed by atoms with van der Waals surface area (Å²) in [7, 11) is -3.66. The SMILES string of the molecule is NS(=O)(=O)CC1CC(=O)N(c2ncc([N+](=O)[O-])cn2)C1. The lowest BCUT2D eigenvalue weighted by Crippen LogP contribution is -2.28. The number of rotatable bonds is 4. The molecule has 2 rings (SSSR count). The first-order chi connectivity index (χ1) is 9.26. The molecule has 1 saturated heterocycles. The Hall–Kier alpha value is -2.14. The molecule has 20 heavy (non-hydrogen) atoms. The Morgan fingerprint density at radius 3 is 2.55 bits per heavy atom. The van der Waals surface area contributed by atoms with Crippen LogP contribution in [0.15, 0.2) is 12.4 Å². The second-order valence-electron chi connectivity index (χ2n) is 4.40. The van der Waals surface area contributed by atoms with Crippen LogP contribution in [0.3, 0.4) is 0 Å². The number of anilines is 1. The molecule has 10 nitrogen and oxygen atoms in total. The standard InChI is InChI=1S/C9H11N5O5S/c10-20(18,19)5-6-1-8(15)13(4-6)9-11-2-7(3-12-9)14(16)17/h2-3,6H,1,4-5H2,(H2,10,18,19). The molecule has 1 amide bonds. The lowest BCUT2D eigenvalue weighted by atomic mass is 10.1. The highest BCUT2D eigenvalue weighted by molar-refractivity contribution is 7.89. The van der Waals surface area contributed by atoms with Gasteiger partial charge in [-0.15, -0.1) is 0 Å². The van der Waals surface area contributed by atoms with Crippen molar-refractivity contribution in [1.82, 2.24) is 9.97 Å². The number of nitro groups is 1. The van der Waals surface area contributed by atoms with Crippen LogP contribution >= 0.6 is 0 Å². The van der Waals surface area contributed by atoms with Crippen molar-refractivity contribution >= 4 is 27.6 Å². The number of hydrogen-bond acceptors (Lipinski definition) is 7. The summed E-state index contributed by atoms with van der Waals surface area (Å²) in [4.78, 5) is 30.2. The Morgan fingerprint density at radius 2 is 2.05 bits per heavy atom. The molecule has 0 bridgehead atoms. The van der Waals surface area contributed by atoms with Crippen molar-refractivity contribution in [1.29, 1.82) is 0 Å². The third-order valence-corrected chi connectivity index (χ3v) is 3.69. The first-order valence-electron chi connectivity index (χ1n) is 5.53. The van der Waals surface area contributed by atoms with Crippen LogP contribution in [-0.2, 0) is 14.8 Å². The van der Waals surface area contributed by atoms with E-state index in [4.69, 9.17) is 5.14 Å². The maximum Gasteiger partial charge on any atom is 0.305 e. The molecule has 1 aromatic rings. The molecule has 108 valence electrons. The smallest absolute Gasteiger partial charge is 0.280 e. The molecule has 1 unspecified atom stereocenters. The number of sulfonamides is 1. The van der Waals surface area contributed by atoms with E-state index in [1.54, 1.807) is 0 Å². The van der Waals surface area contributed by atoms with Gasteiger partial charge in [0.2, 0.25) is 21.9 Å². The molecule has 1 aliphatic rings. The summed E-state index contributed by atoms with van der Waals surface area (Å²) in [5.74, 6) is -1.07. The molecule has 1 aromatic heterocycles. The molecule has 0 saturated carbocycles. The minimum absolute atomic E-state index is 0.0116. The zero-order valence-electron chi connectivity index (χ0n) is 10.2. The summed E-state index contributed by atoms with van der Waals surface area (Å²) < 4.78 is 22.0. The van der Waals surface area contributed by atoms with Gasteiger partial charge >= 0.3 is 5.69 Å². The van der Waals surface area contributed by atoms with E-state index in [9.17, 15) is 23.3 Å². The van der Waals surface area contributed by atoms with Crippen molar-refractivity contribution in [3.05, 3.63) is 22.5 Å². The highest BCUT2D eigenvalue weighted by atomic mass is 32.2. The quantitative estimate of drug-likeness (QED) is 0.555. The maximum atomic E-state index is 11.8. The van der Waals surface area contributed by atoms with Crippen molar-refractivity contribution in [2.75, 3.05) is 17.2 Å². The van der Waals surface area contributed by atoms with E-state index in [1.807, 2.05) is 0 Å². The molecule has 0 aliphatic carbocycles. The van der Waals surface area contributed by atoms with Crippen molar-refractivity contribution in [2.45, 2.75) is 6.42 Å². The van der Waals surface area contributed by atoms with Gasteiger partial charge in [0.15, 0.2) is 0 Å². The number of hydrogen-bond donors (Lipinski definition) is 1. The largest absolute Gasteiger partial charge is 0.305 e. The van der Waals surface area contributed by atoms with E-state index in [2.05, 4.69) is 9.97 Å². The average molecular weight is 301 g/mol. The van der Waals surface area contributed by atoms with Crippen LogP contribution in [0.2, 0.25) is 0 Å². The van der Waals surface area contributed by atoms with Gasteiger partial charge in [0.1, 0.15) is 12.4 Å². The summed E-state index contributed by atoms with van der Waals surface area (Å²) in [6.07, 6.45) is 2.00. The molecule has 1 atom stereocenters. The van der Waals surface area contributed by atoms with Gasteiger partial charge in [-0.25, -0.2) is 23.5 Å². The summed E-state index contributed by atoms with van der Waals surface area (Å²) in [6, 6.07) is 0. The van der Waals surface area contributed by atoms with Gasteiger partial charge in [0.25, 0.3) is 0 Å². The minimum atomic E-state index is -3.66. The Labute approximate surface area is 113 Å². The fraction of sp³-hybridized carbons (Fsp3) is 0.444. The van der Waals surface area contributed by atoms with Crippen LogP contribution in [0.1, 0.15) is 6.42 Å². The summed E-state index contributed by atoms with van der Waals surface area (Å²) >= 11 is 0. The number of carbonyl (C=O) groups is 1. The average Bonchev–Trinajstić information content (AvgIpc) is 2.67. The Bertz CT molecular complexity index is 643. The van der Waals surface area contributed by atoms with Gasteiger partial charge in [0, 0.05) is 18.9 Å². The number of amides is 1. The molecule has 1 aliphatic heterocycles. The van der Waals surface area contributed by atoms with Gasteiger partial charge < -0.3 is 0 Å². The predicted octanol–water partition coefficient (Wildman–Crippen LogP) is -0.974. The van der Waals surface area contributed by atoms with Gasteiger partial charge in [-0.1, -0.05) is 0 Å². The topological polar surface area (TPSA) is 149 Å². The minimum Gasteiger partial charge on any atom is -0.280 e. The molecular weight excluding hydrogens is 290 g/mol. The molecule has 2 N–H and O–H groups in total. The van der Waals surface area contributed by atoms with Crippen LogP contribution in [-0.4, -0.2) is 41.5 Å². The second-order valence-corrected chi connectivity index (χ2v) is 6.06. The Balaban J connectivity index is 2.13. The molecule has 0 aromatic carbocycles. The van der Waals surface area contributed by atoms with Gasteiger partial charge in [-0.2, -0.15) is 0 Å². The molecule has 0 spiro atoms. The highest BCUT2D eigenvalue weighted by Crippen LogP contribution is 2.23. The maximum absolute atomic E-state index is 11.8. The van der Waals surface area contributed by atoms with Crippen molar-refractivity contribution in [2.24, 2.45) is 11.1 Å². The molecular formula is C9H11N5O5S. The van der Waals surface area contributed by atoms with E-state index in [0.717, 1.165) is 12.4 Å². The molecule has 11 heteroatoms. The zero-order chi connectivity index (χ0) is 14.9. The van der Waals surface area contributed by atoms with Crippen molar-refractivity contribution < 1.29 is 18.1 Å². The van der Waals surface area contributed by atoms with Crippen molar-refractivity contribution in [3.8, 4) is 0 Å². The molecule has 2 heterocycles. The lowest BCUT2D eigenvalue weighted by Gasteiger charge is -2.13. The van der Waals surface area contributed by atoms with Crippen LogP contribution in [0.25, 0.3) is 0 Å². The first-order valence-corrected chi connectivity index (χ1v) is 7.25.